The Balaban J connectivity index is 2.39. The van der Waals surface area contributed by atoms with Gasteiger partial charge in [0.1, 0.15) is 6.61 Å². The fourth-order valence-electron chi connectivity index (χ4n) is 1.49. The maximum Gasteiger partial charge on any atom is 0.246 e. The summed E-state index contributed by atoms with van der Waals surface area (Å²) < 4.78 is 0. The van der Waals surface area contributed by atoms with Gasteiger partial charge in [0, 0.05) is 6.04 Å². The maximum absolute atomic E-state index is 10.8. The van der Waals surface area contributed by atoms with Gasteiger partial charge in [-0.25, -0.2) is 0 Å². The molecule has 0 saturated heterocycles. The third-order valence-electron chi connectivity index (χ3n) is 2.21. The minimum absolute atomic E-state index is 0.0957. The van der Waals surface area contributed by atoms with Gasteiger partial charge < -0.3 is 10.4 Å². The summed E-state index contributed by atoms with van der Waals surface area (Å²) in [6.07, 6.45) is 4.26. The van der Waals surface area contributed by atoms with E-state index >= 15 is 0 Å². The highest BCUT2D eigenvalue weighted by Gasteiger charge is 2.18. The molecule has 0 aromatic rings. The van der Waals surface area contributed by atoms with Crippen molar-refractivity contribution in [3.05, 3.63) is 12.2 Å². The zero-order valence-electron chi connectivity index (χ0n) is 7.18. The normalized spacial score (nSPS) is 23.8. The Morgan fingerprint density at radius 2 is 2.42 bits per heavy atom. The number of amides is 1. The molecule has 1 unspecified atom stereocenters. The fourth-order valence-corrected chi connectivity index (χ4v) is 1.49. The van der Waals surface area contributed by atoms with Gasteiger partial charge in [-0.2, -0.15) is 0 Å². The molecular weight excluding hydrogens is 154 g/mol. The van der Waals surface area contributed by atoms with E-state index in [4.69, 9.17) is 5.11 Å². The Morgan fingerprint density at radius 1 is 1.67 bits per heavy atom. The quantitative estimate of drug-likeness (QED) is 0.594. The van der Waals surface area contributed by atoms with Crippen molar-refractivity contribution in [1.29, 1.82) is 0 Å². The molecule has 3 heteroatoms. The van der Waals surface area contributed by atoms with Gasteiger partial charge in [-0.3, -0.25) is 4.79 Å². The Bertz CT molecular complexity index is 189. The monoisotopic (exact) mass is 169 g/mol. The molecule has 1 rings (SSSR count). The van der Waals surface area contributed by atoms with E-state index in [1.165, 1.54) is 6.42 Å². The van der Waals surface area contributed by atoms with Crippen molar-refractivity contribution in [2.75, 3.05) is 6.61 Å². The van der Waals surface area contributed by atoms with Gasteiger partial charge in [0.05, 0.1) is 0 Å². The molecule has 1 fully saturated rings. The van der Waals surface area contributed by atoms with Crippen molar-refractivity contribution in [2.24, 2.45) is 0 Å². The predicted molar refractivity (Wildman–Crippen MR) is 46.6 cm³/mol. The summed E-state index contributed by atoms with van der Waals surface area (Å²) in [6, 6.07) is 0.0957. The molecule has 3 nitrogen and oxygen atoms in total. The first-order chi connectivity index (χ1) is 5.74. The number of rotatable bonds is 2. The zero-order chi connectivity index (χ0) is 8.97. The van der Waals surface area contributed by atoms with Gasteiger partial charge in [-0.15, -0.1) is 0 Å². The van der Waals surface area contributed by atoms with E-state index in [0.29, 0.717) is 0 Å². The van der Waals surface area contributed by atoms with Crippen molar-refractivity contribution in [3.63, 3.8) is 0 Å². The van der Waals surface area contributed by atoms with Crippen LogP contribution in [0.5, 0.6) is 0 Å². The van der Waals surface area contributed by atoms with E-state index in [1.807, 2.05) is 0 Å². The lowest BCUT2D eigenvalue weighted by Crippen LogP contribution is -2.38. The first kappa shape index (κ1) is 9.26. The van der Waals surface area contributed by atoms with Crippen LogP contribution in [0.15, 0.2) is 12.2 Å². The molecule has 1 atom stereocenters. The first-order valence-corrected chi connectivity index (χ1v) is 4.32. The molecule has 0 spiro atoms. The number of hydrogen-bond donors (Lipinski definition) is 2. The molecule has 1 aliphatic rings. The number of carbonyl (C=O) groups is 1. The summed E-state index contributed by atoms with van der Waals surface area (Å²) in [5, 5.41) is 11.2. The lowest BCUT2D eigenvalue weighted by molar-refractivity contribution is -0.124. The molecule has 0 aliphatic heterocycles. The van der Waals surface area contributed by atoms with E-state index in [-0.39, 0.29) is 11.9 Å². The van der Waals surface area contributed by atoms with E-state index < -0.39 is 6.61 Å². The summed E-state index contributed by atoms with van der Waals surface area (Å²) in [7, 11) is 0. The fraction of sp³-hybridized carbons (Fsp3) is 0.667. The molecule has 68 valence electrons. The number of hydrogen-bond acceptors (Lipinski definition) is 2. The van der Waals surface area contributed by atoms with E-state index in [9.17, 15) is 4.79 Å². The van der Waals surface area contributed by atoms with Crippen LogP contribution in [0, 0.1) is 0 Å². The highest BCUT2D eigenvalue weighted by Crippen LogP contribution is 2.21. The number of nitrogens with one attached hydrogen (secondary N) is 1. The van der Waals surface area contributed by atoms with Crippen LogP contribution in [-0.2, 0) is 4.79 Å². The molecule has 1 aliphatic carbocycles. The van der Waals surface area contributed by atoms with Crippen molar-refractivity contribution in [1.82, 2.24) is 5.32 Å². The highest BCUT2D eigenvalue weighted by atomic mass is 16.3. The van der Waals surface area contributed by atoms with Crippen molar-refractivity contribution in [3.8, 4) is 0 Å². The van der Waals surface area contributed by atoms with Crippen LogP contribution in [0.25, 0.3) is 0 Å². The highest BCUT2D eigenvalue weighted by molar-refractivity contribution is 5.77. The molecule has 2 N–H and O–H groups in total. The van der Waals surface area contributed by atoms with Gasteiger partial charge in [0.2, 0.25) is 5.91 Å². The van der Waals surface area contributed by atoms with Gasteiger partial charge in [-0.05, 0) is 19.3 Å². The minimum Gasteiger partial charge on any atom is -0.387 e. The summed E-state index contributed by atoms with van der Waals surface area (Å²) in [5.41, 5.74) is 1.09. The largest absolute Gasteiger partial charge is 0.387 e. The lowest BCUT2D eigenvalue weighted by atomic mass is 9.91. The molecule has 0 radical (unpaired) electrons. The van der Waals surface area contributed by atoms with Crippen LogP contribution in [-0.4, -0.2) is 23.7 Å². The van der Waals surface area contributed by atoms with E-state index in [2.05, 4.69) is 11.9 Å². The standard InChI is InChI=1S/C9H15NO2/c1-7-4-2-3-5-8(7)10-9(12)6-11/h8,11H,1-6H2,(H,10,12). The summed E-state index contributed by atoms with van der Waals surface area (Å²) in [4.78, 5) is 10.8. The Labute approximate surface area is 72.5 Å². The van der Waals surface area contributed by atoms with Crippen LogP contribution in [0.2, 0.25) is 0 Å². The number of aliphatic hydroxyl groups excluding tert-OH is 1. The zero-order valence-corrected chi connectivity index (χ0v) is 7.18. The van der Waals surface area contributed by atoms with Crippen LogP contribution in [0.4, 0.5) is 0 Å². The lowest BCUT2D eigenvalue weighted by Gasteiger charge is -2.24. The average molecular weight is 169 g/mol. The van der Waals surface area contributed by atoms with Gasteiger partial charge in [0.15, 0.2) is 0 Å². The van der Waals surface area contributed by atoms with Crippen molar-refractivity contribution in [2.45, 2.75) is 31.7 Å². The Hall–Kier alpha value is -0.830. The maximum atomic E-state index is 10.8. The van der Waals surface area contributed by atoms with Crippen molar-refractivity contribution < 1.29 is 9.90 Å². The van der Waals surface area contributed by atoms with Crippen LogP contribution < -0.4 is 5.32 Å². The SMILES string of the molecule is C=C1CCCCC1NC(=O)CO. The number of carbonyl (C=O) groups excluding carboxylic acids is 1. The second-order valence-corrected chi connectivity index (χ2v) is 3.18. The molecule has 0 aromatic heterocycles. The second-order valence-electron chi connectivity index (χ2n) is 3.18. The van der Waals surface area contributed by atoms with E-state index in [1.54, 1.807) is 0 Å². The van der Waals surface area contributed by atoms with Gasteiger partial charge in [0.25, 0.3) is 0 Å². The average Bonchev–Trinajstić information content (AvgIpc) is 2.09. The summed E-state index contributed by atoms with van der Waals surface area (Å²) in [6.45, 7) is 3.46. The molecule has 12 heavy (non-hydrogen) atoms. The van der Waals surface area contributed by atoms with Crippen LogP contribution in [0.1, 0.15) is 25.7 Å². The molecular formula is C9H15NO2. The van der Waals surface area contributed by atoms with Gasteiger partial charge >= 0.3 is 0 Å². The van der Waals surface area contributed by atoms with E-state index in [0.717, 1.165) is 24.8 Å². The van der Waals surface area contributed by atoms with Crippen LogP contribution in [0.3, 0.4) is 0 Å². The number of aliphatic hydroxyl groups is 1. The molecule has 0 aromatic carbocycles. The first-order valence-electron chi connectivity index (χ1n) is 4.32. The Kier molecular flexibility index (Phi) is 3.29. The van der Waals surface area contributed by atoms with Gasteiger partial charge in [-0.1, -0.05) is 18.6 Å². The molecule has 0 heterocycles. The molecule has 1 amide bonds. The third kappa shape index (κ3) is 2.34. The Morgan fingerprint density at radius 3 is 3.00 bits per heavy atom. The minimum atomic E-state index is -0.427. The summed E-state index contributed by atoms with van der Waals surface area (Å²) >= 11 is 0. The molecule has 0 bridgehead atoms. The van der Waals surface area contributed by atoms with Crippen LogP contribution >= 0.6 is 0 Å². The topological polar surface area (TPSA) is 49.3 Å². The van der Waals surface area contributed by atoms with Crippen molar-refractivity contribution >= 4 is 5.91 Å². The predicted octanol–water partition coefficient (Wildman–Crippen LogP) is 0.594. The second kappa shape index (κ2) is 4.26. The smallest absolute Gasteiger partial charge is 0.246 e. The molecule has 1 saturated carbocycles. The third-order valence-corrected chi connectivity index (χ3v) is 2.21. The summed E-state index contributed by atoms with van der Waals surface area (Å²) in [5.74, 6) is -0.303.